The monoisotopic (exact) mass is 325 g/mol. The molecule has 23 heavy (non-hydrogen) atoms. The van der Waals surface area contributed by atoms with Gasteiger partial charge in [0.05, 0.1) is 13.2 Å². The molecule has 1 saturated carbocycles. The highest BCUT2D eigenvalue weighted by Crippen LogP contribution is 2.32. The Morgan fingerprint density at radius 2 is 1.74 bits per heavy atom. The second-order valence-electron chi connectivity index (χ2n) is 7.13. The second-order valence-corrected chi connectivity index (χ2v) is 7.13. The van der Waals surface area contributed by atoms with E-state index in [1.807, 2.05) is 0 Å². The quantitative estimate of drug-likeness (QED) is 0.688. The SMILES string of the molecule is CC[C@@H]1CCCC[C@H]1CN1CCN(CC(=O)NCCOC)CC1. The fourth-order valence-electron chi connectivity index (χ4n) is 4.08. The van der Waals surface area contributed by atoms with Crippen LogP contribution in [0.25, 0.3) is 0 Å². The van der Waals surface area contributed by atoms with Crippen molar-refractivity contribution in [1.82, 2.24) is 15.1 Å². The number of hydrogen-bond donors (Lipinski definition) is 1. The Bertz CT molecular complexity index is 343. The summed E-state index contributed by atoms with van der Waals surface area (Å²) in [5.74, 6) is 1.96. The number of ether oxygens (including phenoxy) is 1. The van der Waals surface area contributed by atoms with E-state index in [2.05, 4.69) is 22.0 Å². The third kappa shape index (κ3) is 6.40. The molecule has 0 unspecified atom stereocenters. The number of piperazine rings is 1. The molecule has 0 radical (unpaired) electrons. The molecule has 1 N–H and O–H groups in total. The van der Waals surface area contributed by atoms with Gasteiger partial charge >= 0.3 is 0 Å². The number of carbonyl (C=O) groups excluding carboxylic acids is 1. The highest BCUT2D eigenvalue weighted by molar-refractivity contribution is 5.77. The first-order valence-electron chi connectivity index (χ1n) is 9.43. The van der Waals surface area contributed by atoms with Crippen LogP contribution in [0.2, 0.25) is 0 Å². The maximum Gasteiger partial charge on any atom is 0.234 e. The molecule has 1 saturated heterocycles. The first kappa shape index (κ1) is 18.7. The van der Waals surface area contributed by atoms with E-state index in [1.165, 1.54) is 38.6 Å². The zero-order valence-electron chi connectivity index (χ0n) is 15.1. The molecule has 0 spiro atoms. The minimum atomic E-state index is 0.119. The van der Waals surface area contributed by atoms with Gasteiger partial charge in [0.2, 0.25) is 5.91 Å². The average Bonchev–Trinajstić information content (AvgIpc) is 2.57. The van der Waals surface area contributed by atoms with Crippen molar-refractivity contribution in [2.24, 2.45) is 11.8 Å². The number of rotatable bonds is 8. The lowest BCUT2D eigenvalue weighted by Crippen LogP contribution is -2.51. The molecule has 1 amide bonds. The summed E-state index contributed by atoms with van der Waals surface area (Å²) >= 11 is 0. The molecule has 1 aliphatic heterocycles. The van der Waals surface area contributed by atoms with Crippen molar-refractivity contribution in [2.75, 3.05) is 59.5 Å². The second kappa shape index (κ2) is 10.3. The predicted octanol–water partition coefficient (Wildman–Crippen LogP) is 1.58. The molecule has 5 nitrogen and oxygen atoms in total. The Labute approximate surface area is 141 Å². The van der Waals surface area contributed by atoms with E-state index in [9.17, 15) is 4.79 Å². The van der Waals surface area contributed by atoms with Gasteiger partial charge in [0, 0.05) is 46.4 Å². The van der Waals surface area contributed by atoms with Crippen LogP contribution in [0.15, 0.2) is 0 Å². The summed E-state index contributed by atoms with van der Waals surface area (Å²) in [6.45, 7) is 9.59. The Hall–Kier alpha value is -0.650. The molecule has 2 fully saturated rings. The van der Waals surface area contributed by atoms with Gasteiger partial charge in [0.1, 0.15) is 0 Å². The Morgan fingerprint density at radius 1 is 1.09 bits per heavy atom. The molecule has 2 aliphatic rings. The number of nitrogens with one attached hydrogen (secondary N) is 1. The Morgan fingerprint density at radius 3 is 2.39 bits per heavy atom. The van der Waals surface area contributed by atoms with Crippen LogP contribution in [0.3, 0.4) is 0 Å². The van der Waals surface area contributed by atoms with Gasteiger partial charge in [-0.3, -0.25) is 9.69 Å². The summed E-state index contributed by atoms with van der Waals surface area (Å²) in [5.41, 5.74) is 0. The average molecular weight is 325 g/mol. The van der Waals surface area contributed by atoms with Crippen LogP contribution in [0.1, 0.15) is 39.0 Å². The van der Waals surface area contributed by atoms with Crippen molar-refractivity contribution in [1.29, 1.82) is 0 Å². The Balaban J connectivity index is 1.64. The Kier molecular flexibility index (Phi) is 8.34. The highest BCUT2D eigenvalue weighted by atomic mass is 16.5. The van der Waals surface area contributed by atoms with Crippen LogP contribution in [0.4, 0.5) is 0 Å². The van der Waals surface area contributed by atoms with Crippen molar-refractivity contribution in [3.63, 3.8) is 0 Å². The molecule has 0 bridgehead atoms. The van der Waals surface area contributed by atoms with Crippen LogP contribution >= 0.6 is 0 Å². The molecular weight excluding hydrogens is 290 g/mol. The van der Waals surface area contributed by atoms with E-state index < -0.39 is 0 Å². The normalized spacial score (nSPS) is 27.0. The maximum absolute atomic E-state index is 11.8. The van der Waals surface area contributed by atoms with E-state index in [4.69, 9.17) is 4.74 Å². The third-order valence-corrected chi connectivity index (χ3v) is 5.54. The van der Waals surface area contributed by atoms with E-state index in [0.717, 1.165) is 38.0 Å². The molecule has 2 rings (SSSR count). The van der Waals surface area contributed by atoms with Gasteiger partial charge < -0.3 is 15.0 Å². The standard InChI is InChI=1S/C18H35N3O2/c1-3-16-6-4-5-7-17(16)14-20-9-11-21(12-10-20)15-18(22)19-8-13-23-2/h16-17H,3-15H2,1-2H3,(H,19,22)/t16-,17+/m1/s1. The van der Waals surface area contributed by atoms with Crippen molar-refractivity contribution in [3.8, 4) is 0 Å². The molecule has 134 valence electrons. The van der Waals surface area contributed by atoms with Crippen molar-refractivity contribution in [2.45, 2.75) is 39.0 Å². The van der Waals surface area contributed by atoms with E-state index >= 15 is 0 Å². The van der Waals surface area contributed by atoms with Gasteiger partial charge in [-0.15, -0.1) is 0 Å². The minimum Gasteiger partial charge on any atom is -0.383 e. The zero-order chi connectivity index (χ0) is 16.5. The van der Waals surface area contributed by atoms with Crippen molar-refractivity contribution >= 4 is 5.91 Å². The van der Waals surface area contributed by atoms with Gasteiger partial charge in [-0.1, -0.05) is 32.6 Å². The number of amides is 1. The van der Waals surface area contributed by atoms with Crippen LogP contribution in [0.5, 0.6) is 0 Å². The largest absolute Gasteiger partial charge is 0.383 e. The van der Waals surface area contributed by atoms with Crippen LogP contribution in [0, 0.1) is 11.8 Å². The van der Waals surface area contributed by atoms with E-state index in [0.29, 0.717) is 19.7 Å². The van der Waals surface area contributed by atoms with E-state index in [1.54, 1.807) is 7.11 Å². The summed E-state index contributed by atoms with van der Waals surface area (Å²) in [6.07, 6.45) is 7.04. The smallest absolute Gasteiger partial charge is 0.234 e. The maximum atomic E-state index is 11.8. The summed E-state index contributed by atoms with van der Waals surface area (Å²) in [6, 6.07) is 0. The molecule has 1 aliphatic carbocycles. The van der Waals surface area contributed by atoms with Crippen LogP contribution in [-0.2, 0) is 9.53 Å². The summed E-state index contributed by atoms with van der Waals surface area (Å²) in [5, 5.41) is 2.90. The topological polar surface area (TPSA) is 44.8 Å². The molecular formula is C18H35N3O2. The molecule has 0 aromatic heterocycles. The fourth-order valence-corrected chi connectivity index (χ4v) is 4.08. The van der Waals surface area contributed by atoms with E-state index in [-0.39, 0.29) is 5.91 Å². The first-order valence-corrected chi connectivity index (χ1v) is 9.43. The summed E-state index contributed by atoms with van der Waals surface area (Å²) in [4.78, 5) is 16.7. The zero-order valence-corrected chi connectivity index (χ0v) is 15.1. The lowest BCUT2D eigenvalue weighted by molar-refractivity contribution is -0.122. The van der Waals surface area contributed by atoms with Gasteiger partial charge in [0.25, 0.3) is 0 Å². The first-order chi connectivity index (χ1) is 11.2. The molecule has 5 heteroatoms. The van der Waals surface area contributed by atoms with Crippen molar-refractivity contribution in [3.05, 3.63) is 0 Å². The fraction of sp³-hybridized carbons (Fsp3) is 0.944. The lowest BCUT2D eigenvalue weighted by Gasteiger charge is -2.39. The predicted molar refractivity (Wildman–Crippen MR) is 93.5 cm³/mol. The number of methoxy groups -OCH3 is 1. The van der Waals surface area contributed by atoms with Crippen molar-refractivity contribution < 1.29 is 9.53 Å². The summed E-state index contributed by atoms with van der Waals surface area (Å²) < 4.78 is 4.95. The third-order valence-electron chi connectivity index (χ3n) is 5.54. The van der Waals surface area contributed by atoms with Gasteiger partial charge in [-0.25, -0.2) is 0 Å². The minimum absolute atomic E-state index is 0.119. The number of carbonyl (C=O) groups is 1. The lowest BCUT2D eigenvalue weighted by atomic mass is 9.77. The van der Waals surface area contributed by atoms with Gasteiger partial charge in [-0.2, -0.15) is 0 Å². The molecule has 0 aromatic rings. The van der Waals surface area contributed by atoms with Crippen LogP contribution < -0.4 is 5.32 Å². The molecule has 1 heterocycles. The van der Waals surface area contributed by atoms with Gasteiger partial charge in [-0.05, 0) is 18.3 Å². The molecule has 2 atom stereocenters. The number of nitrogens with zero attached hydrogens (tertiary/aromatic N) is 2. The van der Waals surface area contributed by atoms with Gasteiger partial charge in [0.15, 0.2) is 0 Å². The highest BCUT2D eigenvalue weighted by Gasteiger charge is 2.27. The molecule has 0 aromatic carbocycles. The summed E-state index contributed by atoms with van der Waals surface area (Å²) in [7, 11) is 1.65. The van der Waals surface area contributed by atoms with Crippen LogP contribution in [-0.4, -0.2) is 75.2 Å². The number of hydrogen-bond acceptors (Lipinski definition) is 4.